The molecule has 76 valence electrons. The number of hydrogen-bond acceptors (Lipinski definition) is 1. The van der Waals surface area contributed by atoms with Gasteiger partial charge in [-0.15, -0.1) is 0 Å². The van der Waals surface area contributed by atoms with E-state index in [-0.39, 0.29) is 37.7 Å². The standard InChI is InChI=1S/C13H11N.Ar/c14-11-5-6-13-10(8-11)7-9-3-1-2-4-12(9)13;/h1-6,8H,7,14H2;. The van der Waals surface area contributed by atoms with Crippen LogP contribution in [0.3, 0.4) is 0 Å². The Bertz CT molecular complexity index is 506. The van der Waals surface area contributed by atoms with Crippen LogP contribution in [0.15, 0.2) is 42.5 Å². The summed E-state index contributed by atoms with van der Waals surface area (Å²) in [6, 6.07) is 14.7. The quantitative estimate of drug-likeness (QED) is 0.580. The minimum atomic E-state index is 0. The van der Waals surface area contributed by atoms with Crippen molar-refractivity contribution in [2.24, 2.45) is 0 Å². The predicted molar refractivity (Wildman–Crippen MR) is 59.1 cm³/mol. The van der Waals surface area contributed by atoms with E-state index in [9.17, 15) is 0 Å². The van der Waals surface area contributed by atoms with Crippen molar-refractivity contribution >= 4 is 5.69 Å². The van der Waals surface area contributed by atoms with Gasteiger partial charge in [0.2, 0.25) is 0 Å². The van der Waals surface area contributed by atoms with Crippen molar-refractivity contribution in [3.05, 3.63) is 53.6 Å². The molecule has 0 radical (unpaired) electrons. The van der Waals surface area contributed by atoms with Gasteiger partial charge in [-0.05, 0) is 40.8 Å². The predicted octanol–water partition coefficient (Wildman–Crippen LogP) is 2.84. The molecule has 0 fully saturated rings. The van der Waals surface area contributed by atoms with Crippen LogP contribution in [0.25, 0.3) is 11.1 Å². The largest absolute Gasteiger partial charge is 0.399 e. The van der Waals surface area contributed by atoms with Gasteiger partial charge in [-0.3, -0.25) is 0 Å². The maximum atomic E-state index is 5.77. The summed E-state index contributed by atoms with van der Waals surface area (Å²) < 4.78 is 0. The van der Waals surface area contributed by atoms with Crippen LogP contribution < -0.4 is 5.73 Å². The van der Waals surface area contributed by atoms with Crippen molar-refractivity contribution in [1.29, 1.82) is 0 Å². The average molecular weight is 221 g/mol. The molecule has 2 heteroatoms. The van der Waals surface area contributed by atoms with Crippen molar-refractivity contribution in [2.45, 2.75) is 6.42 Å². The first-order chi connectivity index (χ1) is 6.84. The van der Waals surface area contributed by atoms with Gasteiger partial charge in [0.1, 0.15) is 0 Å². The van der Waals surface area contributed by atoms with Crippen LogP contribution in [-0.4, -0.2) is 0 Å². The van der Waals surface area contributed by atoms with Crippen molar-refractivity contribution < 1.29 is 37.7 Å². The van der Waals surface area contributed by atoms with Crippen molar-refractivity contribution in [3.8, 4) is 11.1 Å². The van der Waals surface area contributed by atoms with Crippen LogP contribution >= 0.6 is 0 Å². The summed E-state index contributed by atoms with van der Waals surface area (Å²) >= 11 is 0. The molecule has 2 aromatic rings. The van der Waals surface area contributed by atoms with E-state index in [1.807, 2.05) is 6.07 Å². The molecular formula is C13H11ArN. The number of hydrogen-bond donors (Lipinski definition) is 1. The molecular weight excluding hydrogens is 210 g/mol. The molecule has 0 atom stereocenters. The van der Waals surface area contributed by atoms with Gasteiger partial charge in [0, 0.05) is 43.4 Å². The zero-order valence-corrected chi connectivity index (χ0v) is 8.89. The van der Waals surface area contributed by atoms with E-state index in [2.05, 4.69) is 36.4 Å². The fraction of sp³-hybridized carbons (Fsp3) is 0.0769. The maximum absolute atomic E-state index is 5.77. The molecule has 3 rings (SSSR count). The third-order valence-corrected chi connectivity index (χ3v) is 2.82. The van der Waals surface area contributed by atoms with Crippen LogP contribution in [0.5, 0.6) is 0 Å². The molecule has 0 heterocycles. The summed E-state index contributed by atoms with van der Waals surface area (Å²) in [7, 11) is 0. The van der Waals surface area contributed by atoms with Gasteiger partial charge in [0.05, 0.1) is 0 Å². The van der Waals surface area contributed by atoms with Crippen LogP contribution in [0.2, 0.25) is 0 Å². The summed E-state index contributed by atoms with van der Waals surface area (Å²) in [6.07, 6.45) is 1.02. The molecule has 1 aliphatic rings. The monoisotopic (exact) mass is 221 g/mol. The van der Waals surface area contributed by atoms with Gasteiger partial charge in [0.15, 0.2) is 0 Å². The number of anilines is 1. The van der Waals surface area contributed by atoms with E-state index in [1.54, 1.807) is 0 Å². The van der Waals surface area contributed by atoms with Crippen molar-refractivity contribution in [3.63, 3.8) is 0 Å². The minimum Gasteiger partial charge on any atom is -0.399 e. The summed E-state index contributed by atoms with van der Waals surface area (Å²) in [5.74, 6) is 0. The number of benzene rings is 2. The number of fused-ring (bicyclic) bond motifs is 3. The molecule has 2 N–H and O–H groups in total. The first kappa shape index (κ1) is 11.0. The molecule has 0 unspecified atom stereocenters. The minimum absolute atomic E-state index is 0. The first-order valence-corrected chi connectivity index (χ1v) is 4.81. The number of nitrogens with two attached hydrogens (primary N) is 1. The van der Waals surface area contributed by atoms with E-state index in [1.165, 1.54) is 22.3 Å². The molecule has 1 nitrogen and oxygen atoms in total. The second-order valence-electron chi connectivity index (χ2n) is 3.75. The Hall–Kier alpha value is -0.500. The summed E-state index contributed by atoms with van der Waals surface area (Å²) in [6.45, 7) is 0. The first-order valence-electron chi connectivity index (χ1n) is 4.81. The molecule has 0 bridgehead atoms. The molecule has 0 saturated carbocycles. The normalized spacial score (nSPS) is 11.5. The van der Waals surface area contributed by atoms with Crippen LogP contribution in [-0.2, 0) is 6.42 Å². The number of rotatable bonds is 0. The van der Waals surface area contributed by atoms with Crippen LogP contribution in [0, 0.1) is 37.7 Å². The Labute approximate surface area is 119 Å². The second-order valence-corrected chi connectivity index (χ2v) is 3.75. The van der Waals surface area contributed by atoms with E-state index in [0.29, 0.717) is 0 Å². The fourth-order valence-corrected chi connectivity index (χ4v) is 2.17. The van der Waals surface area contributed by atoms with E-state index < -0.39 is 0 Å². The van der Waals surface area contributed by atoms with Crippen molar-refractivity contribution in [2.75, 3.05) is 5.73 Å². The van der Waals surface area contributed by atoms with Crippen LogP contribution in [0.4, 0.5) is 5.69 Å². The molecule has 1 aliphatic carbocycles. The zero-order valence-electron chi connectivity index (χ0n) is 8.18. The Kier molecular flexibility index (Phi) is 3.06. The van der Waals surface area contributed by atoms with E-state index in [0.717, 1.165) is 12.1 Å². The second kappa shape index (κ2) is 4.17. The SMILES string of the molecule is Nc1ccc2c(c1)Cc1ccccc1-2.[Ar]. The van der Waals surface area contributed by atoms with Gasteiger partial charge in [-0.1, -0.05) is 30.3 Å². The van der Waals surface area contributed by atoms with Gasteiger partial charge < -0.3 is 5.73 Å². The van der Waals surface area contributed by atoms with Gasteiger partial charge in [0.25, 0.3) is 0 Å². The summed E-state index contributed by atoms with van der Waals surface area (Å²) in [5, 5.41) is 0. The molecule has 2 aromatic carbocycles. The Morgan fingerprint density at radius 3 is 2.47 bits per heavy atom. The fourth-order valence-electron chi connectivity index (χ4n) is 2.17. The molecule has 0 aromatic heterocycles. The summed E-state index contributed by atoms with van der Waals surface area (Å²) in [4.78, 5) is 0. The molecule has 0 spiro atoms. The Morgan fingerprint density at radius 2 is 1.60 bits per heavy atom. The number of nitrogen functional groups attached to an aromatic ring is 1. The topological polar surface area (TPSA) is 26.0 Å². The van der Waals surface area contributed by atoms with Gasteiger partial charge in [-0.25, -0.2) is 0 Å². The van der Waals surface area contributed by atoms with Gasteiger partial charge in [-0.2, -0.15) is 0 Å². The molecule has 0 aliphatic heterocycles. The maximum Gasteiger partial charge on any atom is 0.0317 e. The summed E-state index contributed by atoms with van der Waals surface area (Å²) in [5.41, 5.74) is 12.1. The third-order valence-electron chi connectivity index (χ3n) is 2.82. The molecule has 15 heavy (non-hydrogen) atoms. The Morgan fingerprint density at radius 1 is 0.867 bits per heavy atom. The Balaban J connectivity index is 0.000000853. The molecule has 0 amide bonds. The van der Waals surface area contributed by atoms with Gasteiger partial charge >= 0.3 is 0 Å². The molecule has 0 saturated heterocycles. The zero-order chi connectivity index (χ0) is 9.54. The van der Waals surface area contributed by atoms with E-state index in [4.69, 9.17) is 5.73 Å². The average Bonchev–Trinajstić information content (AvgIpc) is 2.54. The third kappa shape index (κ3) is 1.80. The van der Waals surface area contributed by atoms with E-state index >= 15 is 0 Å². The van der Waals surface area contributed by atoms with Crippen molar-refractivity contribution in [1.82, 2.24) is 0 Å². The smallest absolute Gasteiger partial charge is 0.0317 e. The van der Waals surface area contributed by atoms with Crippen LogP contribution in [0.1, 0.15) is 11.1 Å².